The van der Waals surface area contributed by atoms with Gasteiger partial charge in [0.05, 0.1) is 34.5 Å². The smallest absolute Gasteiger partial charge is 0.433 e. The van der Waals surface area contributed by atoms with Crippen molar-refractivity contribution in [3.8, 4) is 5.75 Å². The molecule has 0 saturated carbocycles. The summed E-state index contributed by atoms with van der Waals surface area (Å²) in [5.74, 6) is -2.46. The molecule has 18 heteroatoms. The van der Waals surface area contributed by atoms with Crippen LogP contribution >= 0.6 is 0 Å². The Kier molecular flexibility index (Phi) is 11.3. The first kappa shape index (κ1) is 40.3. The number of carbonyl (C=O) groups excluding carboxylic acids is 6. The fraction of sp³-hybridized carbons (Fsp3) is 0.385. The molecular formula is C39H41F3N8O7. The van der Waals surface area contributed by atoms with Gasteiger partial charge in [-0.1, -0.05) is 26.0 Å². The number of pyridine rings is 1. The third-order valence-corrected chi connectivity index (χ3v) is 9.91. The average molecular weight is 791 g/mol. The molecule has 4 heterocycles. The number of anilines is 2. The van der Waals surface area contributed by atoms with Gasteiger partial charge in [-0.05, 0) is 56.5 Å². The number of carbonyl (C=O) groups is 6. The Labute approximate surface area is 324 Å². The predicted octanol–water partition coefficient (Wildman–Crippen LogP) is 4.62. The monoisotopic (exact) mass is 790 g/mol. The molecule has 1 unspecified atom stereocenters. The standard InChI is InChI=1S/C39H41F3N8O7/c1-5-57-28-20-24-27(19-25(28)47-33(52)23-11-7-12-29(45-23)39(40,41)42)49(4)30(46-24)15-16-38(2,3)37(56)44-18-8-17-43-22-10-6-9-21-32(22)36(55)50(35(21)54)26-13-14-31(51)48-34(26)53/h6-7,9-12,19-20,26,43H,5,8,13-18H2,1-4H3,(H,44,56)(H,47,52)(H,48,51,53). The van der Waals surface area contributed by atoms with Crippen LogP contribution in [-0.2, 0) is 34.0 Å². The number of imide groups is 2. The van der Waals surface area contributed by atoms with Gasteiger partial charge in [-0.15, -0.1) is 0 Å². The van der Waals surface area contributed by atoms with E-state index in [9.17, 15) is 41.9 Å². The molecule has 6 amide bonds. The summed E-state index contributed by atoms with van der Waals surface area (Å²) in [5, 5.41) is 10.9. The quantitative estimate of drug-likeness (QED) is 0.104. The number of halogens is 3. The number of nitrogens with zero attached hydrogens (tertiary/aromatic N) is 4. The molecule has 4 N–H and O–H groups in total. The van der Waals surface area contributed by atoms with Gasteiger partial charge in [0.2, 0.25) is 17.7 Å². The van der Waals surface area contributed by atoms with Crippen LogP contribution in [-0.4, -0.2) is 80.6 Å². The van der Waals surface area contributed by atoms with E-state index in [1.807, 2.05) is 18.4 Å². The maximum Gasteiger partial charge on any atom is 0.433 e. The molecule has 1 atom stereocenters. The molecule has 15 nitrogen and oxygen atoms in total. The molecule has 2 aromatic heterocycles. The van der Waals surface area contributed by atoms with Crippen molar-refractivity contribution < 1.29 is 46.7 Å². The van der Waals surface area contributed by atoms with Gasteiger partial charge in [-0.3, -0.25) is 39.0 Å². The van der Waals surface area contributed by atoms with Crippen molar-refractivity contribution in [1.82, 2.24) is 30.1 Å². The summed E-state index contributed by atoms with van der Waals surface area (Å²) in [6.07, 6.45) is -3.31. The van der Waals surface area contributed by atoms with Crippen LogP contribution in [0.25, 0.3) is 11.0 Å². The number of aryl methyl sites for hydroxylation is 2. The van der Waals surface area contributed by atoms with E-state index in [0.717, 1.165) is 17.0 Å². The molecule has 0 bridgehead atoms. The molecule has 6 rings (SSSR count). The summed E-state index contributed by atoms with van der Waals surface area (Å²) >= 11 is 0. The molecular weight excluding hydrogens is 749 g/mol. The normalized spacial score (nSPS) is 15.8. The fourth-order valence-electron chi connectivity index (χ4n) is 6.72. The lowest BCUT2D eigenvalue weighted by atomic mass is 9.86. The van der Waals surface area contributed by atoms with Crippen molar-refractivity contribution in [2.75, 3.05) is 30.3 Å². The van der Waals surface area contributed by atoms with Crippen LogP contribution in [0.2, 0.25) is 0 Å². The number of imidazole rings is 1. The highest BCUT2D eigenvalue weighted by Gasteiger charge is 2.45. The van der Waals surface area contributed by atoms with Crippen molar-refractivity contribution in [2.24, 2.45) is 12.5 Å². The Hall–Kier alpha value is -6.33. The second-order valence-electron chi connectivity index (χ2n) is 14.3. The minimum absolute atomic E-state index is 0.0219. The lowest BCUT2D eigenvalue weighted by Gasteiger charge is -2.27. The SMILES string of the molecule is CCOc1cc2nc(CCC(C)(C)C(=O)NCCCNc3cccc4c3C(=O)N(C3CCC(=O)NC3=O)C4=O)n(C)c2cc1NC(=O)c1cccc(C(F)(F)F)n1. The predicted molar refractivity (Wildman–Crippen MR) is 200 cm³/mol. The highest BCUT2D eigenvalue weighted by atomic mass is 19.4. The zero-order valence-corrected chi connectivity index (χ0v) is 31.6. The molecule has 2 aliphatic rings. The second kappa shape index (κ2) is 16.0. The summed E-state index contributed by atoms with van der Waals surface area (Å²) < 4.78 is 47.1. The number of aromatic nitrogens is 3. The maximum absolute atomic E-state index is 13.3. The van der Waals surface area contributed by atoms with Crippen molar-refractivity contribution in [3.63, 3.8) is 0 Å². The van der Waals surface area contributed by atoms with Crippen LogP contribution in [0.15, 0.2) is 48.5 Å². The lowest BCUT2D eigenvalue weighted by molar-refractivity contribution is -0.141. The number of fused-ring (bicyclic) bond motifs is 2. The number of alkyl halides is 3. The number of hydrogen-bond donors (Lipinski definition) is 4. The van der Waals surface area contributed by atoms with Crippen molar-refractivity contribution in [1.29, 1.82) is 0 Å². The fourth-order valence-corrected chi connectivity index (χ4v) is 6.72. The molecule has 300 valence electrons. The number of hydrogen-bond acceptors (Lipinski definition) is 10. The van der Waals surface area contributed by atoms with Crippen LogP contribution in [0, 0.1) is 5.41 Å². The van der Waals surface area contributed by atoms with Gasteiger partial charge in [-0.25, -0.2) is 9.97 Å². The number of ether oxygens (including phenoxy) is 1. The highest BCUT2D eigenvalue weighted by Crippen LogP contribution is 2.34. The first-order chi connectivity index (χ1) is 27.0. The minimum Gasteiger partial charge on any atom is -0.492 e. The largest absolute Gasteiger partial charge is 0.492 e. The average Bonchev–Trinajstić information content (AvgIpc) is 3.61. The topological polar surface area (TPSA) is 194 Å². The maximum atomic E-state index is 13.3. The highest BCUT2D eigenvalue weighted by molar-refractivity contribution is 6.25. The van der Waals surface area contributed by atoms with Crippen LogP contribution in [0.4, 0.5) is 24.5 Å². The molecule has 0 aliphatic carbocycles. The molecule has 1 saturated heterocycles. The zero-order chi connectivity index (χ0) is 41.2. The van der Waals surface area contributed by atoms with Crippen molar-refractivity contribution in [3.05, 3.63) is 76.9 Å². The Balaban J connectivity index is 1.04. The molecule has 57 heavy (non-hydrogen) atoms. The number of rotatable bonds is 14. The van der Waals surface area contributed by atoms with E-state index in [1.54, 1.807) is 38.2 Å². The van der Waals surface area contributed by atoms with E-state index >= 15 is 0 Å². The van der Waals surface area contributed by atoms with E-state index in [2.05, 4.69) is 26.3 Å². The molecule has 0 spiro atoms. The van der Waals surface area contributed by atoms with Gasteiger partial charge in [0.25, 0.3) is 17.7 Å². The summed E-state index contributed by atoms with van der Waals surface area (Å²) in [7, 11) is 1.78. The Morgan fingerprint density at radius 3 is 2.46 bits per heavy atom. The molecule has 1 fully saturated rings. The van der Waals surface area contributed by atoms with Gasteiger partial charge < -0.3 is 25.3 Å². The van der Waals surface area contributed by atoms with Crippen LogP contribution < -0.4 is 26.0 Å². The molecule has 4 aromatic rings. The van der Waals surface area contributed by atoms with Crippen LogP contribution in [0.3, 0.4) is 0 Å². The van der Waals surface area contributed by atoms with Gasteiger partial charge >= 0.3 is 6.18 Å². The van der Waals surface area contributed by atoms with Gasteiger partial charge in [0.1, 0.15) is 29.0 Å². The Morgan fingerprint density at radius 2 is 1.74 bits per heavy atom. The Morgan fingerprint density at radius 1 is 0.982 bits per heavy atom. The summed E-state index contributed by atoms with van der Waals surface area (Å²) in [5.41, 5.74) is -0.259. The van der Waals surface area contributed by atoms with E-state index < -0.39 is 58.6 Å². The minimum atomic E-state index is -4.71. The van der Waals surface area contributed by atoms with E-state index in [-0.39, 0.29) is 47.9 Å². The summed E-state index contributed by atoms with van der Waals surface area (Å²) in [6.45, 7) is 6.30. The van der Waals surface area contributed by atoms with E-state index in [4.69, 9.17) is 9.72 Å². The van der Waals surface area contributed by atoms with Crippen molar-refractivity contribution >= 4 is 57.9 Å². The summed E-state index contributed by atoms with van der Waals surface area (Å²) in [6, 6.07) is 10.1. The second-order valence-corrected chi connectivity index (χ2v) is 14.3. The lowest BCUT2D eigenvalue weighted by Crippen LogP contribution is -2.54. The Bertz CT molecular complexity index is 2290. The number of piperidine rings is 1. The molecule has 0 radical (unpaired) electrons. The third-order valence-electron chi connectivity index (χ3n) is 9.91. The van der Waals surface area contributed by atoms with Gasteiger partial charge in [0.15, 0.2) is 0 Å². The molecule has 2 aromatic carbocycles. The number of benzene rings is 2. The zero-order valence-electron chi connectivity index (χ0n) is 31.6. The van der Waals surface area contributed by atoms with Gasteiger partial charge in [0, 0.05) is 50.1 Å². The van der Waals surface area contributed by atoms with E-state index in [1.165, 1.54) is 12.1 Å². The first-order valence-electron chi connectivity index (χ1n) is 18.3. The first-order valence-corrected chi connectivity index (χ1v) is 18.3. The number of nitrogens with one attached hydrogen (secondary N) is 4. The molecule has 2 aliphatic heterocycles. The third kappa shape index (κ3) is 8.44. The number of amides is 6. The van der Waals surface area contributed by atoms with Crippen LogP contribution in [0.1, 0.15) is 89.2 Å². The van der Waals surface area contributed by atoms with E-state index in [0.29, 0.717) is 54.9 Å². The van der Waals surface area contributed by atoms with Crippen molar-refractivity contribution in [2.45, 2.75) is 65.1 Å². The van der Waals surface area contributed by atoms with Crippen LogP contribution in [0.5, 0.6) is 5.75 Å². The summed E-state index contributed by atoms with van der Waals surface area (Å²) in [4.78, 5) is 85.8. The van der Waals surface area contributed by atoms with Gasteiger partial charge in [-0.2, -0.15) is 13.2 Å².